The first-order valence-electron chi connectivity index (χ1n) is 23.9. The van der Waals surface area contributed by atoms with Crippen molar-refractivity contribution in [3.05, 3.63) is 200 Å². The first kappa shape index (κ1) is 26.0. The van der Waals surface area contributed by atoms with Gasteiger partial charge in [-0.05, 0) is 57.4 Å². The number of para-hydroxylation sites is 1. The highest BCUT2D eigenvalue weighted by Gasteiger charge is 2.18. The maximum Gasteiger partial charge on any atom is 0.164 e. The Kier molecular flexibility index (Phi) is 5.95. The third-order valence-corrected chi connectivity index (χ3v) is 10.9. The average Bonchev–Trinajstić information content (AvgIpc) is 3.98. The molecule has 3 aromatic heterocycles. The molecule has 12 rings (SSSR count). The Morgan fingerprint density at radius 3 is 1.70 bits per heavy atom. The van der Waals surface area contributed by atoms with E-state index in [1.165, 1.54) is 0 Å². The Morgan fingerprint density at radius 1 is 0.350 bits per heavy atom. The standard InChI is InChI=1S/C55H33N3O2/c1-3-11-34(12-4-1)35-21-25-39(26-22-35)53-56-54(58-55(57-53)41-30-31-45-46-19-9-18-44(36-13-5-2-6-14-36)51(46)60-49(45)33-41)40-27-23-38(24-28-40)42-17-10-20-48-50(42)47-32-29-37-15-7-8-16-43(37)52(47)59-48/h1-33H/i7D,8D,10D,15D,16D,17D,20D,29D,32D. The van der Waals surface area contributed by atoms with Gasteiger partial charge in [-0.25, -0.2) is 15.0 Å². The van der Waals surface area contributed by atoms with E-state index in [0.717, 1.165) is 44.2 Å². The molecule has 0 spiro atoms. The van der Waals surface area contributed by atoms with E-state index < -0.39 is 48.3 Å². The molecule has 9 aromatic carbocycles. The number of aromatic nitrogens is 3. The maximum absolute atomic E-state index is 9.16. The highest BCUT2D eigenvalue weighted by molar-refractivity contribution is 6.19. The van der Waals surface area contributed by atoms with Gasteiger partial charge in [0.2, 0.25) is 0 Å². The molecule has 0 aliphatic rings. The van der Waals surface area contributed by atoms with Crippen LogP contribution in [-0.2, 0) is 0 Å². The summed E-state index contributed by atoms with van der Waals surface area (Å²) in [6.07, 6.45) is 0. The van der Waals surface area contributed by atoms with Gasteiger partial charge in [0.05, 0.1) is 12.3 Å². The molecule has 280 valence electrons. The van der Waals surface area contributed by atoms with Gasteiger partial charge < -0.3 is 8.83 Å². The quantitative estimate of drug-likeness (QED) is 0.168. The second-order valence-electron chi connectivity index (χ2n) is 14.4. The summed E-state index contributed by atoms with van der Waals surface area (Å²) in [4.78, 5) is 15.0. The Labute approximate surface area is 357 Å². The van der Waals surface area contributed by atoms with E-state index in [9.17, 15) is 0 Å². The second-order valence-corrected chi connectivity index (χ2v) is 14.4. The molecule has 0 aliphatic heterocycles. The number of hydrogen-bond acceptors (Lipinski definition) is 5. The first-order valence-corrected chi connectivity index (χ1v) is 19.4. The second kappa shape index (κ2) is 13.8. The van der Waals surface area contributed by atoms with Gasteiger partial charge in [0, 0.05) is 49.2 Å². The predicted octanol–water partition coefficient (Wildman–Crippen LogP) is 14.8. The molecular formula is C55H33N3O2. The summed E-state index contributed by atoms with van der Waals surface area (Å²) in [5, 5.41) is 1.77. The zero-order chi connectivity index (χ0) is 47.4. The summed E-state index contributed by atoms with van der Waals surface area (Å²) in [6.45, 7) is 0. The van der Waals surface area contributed by atoms with Crippen molar-refractivity contribution in [2.75, 3.05) is 0 Å². The molecule has 0 aliphatic carbocycles. The van der Waals surface area contributed by atoms with Gasteiger partial charge in [-0.1, -0.05) is 176 Å². The summed E-state index contributed by atoms with van der Waals surface area (Å²) >= 11 is 0. The van der Waals surface area contributed by atoms with E-state index in [4.69, 9.17) is 36.1 Å². The van der Waals surface area contributed by atoms with Crippen molar-refractivity contribution in [3.8, 4) is 67.5 Å². The van der Waals surface area contributed by atoms with Gasteiger partial charge in [0.15, 0.2) is 17.5 Å². The maximum atomic E-state index is 9.16. The van der Waals surface area contributed by atoms with Crippen LogP contribution < -0.4 is 0 Å². The Bertz CT molecular complexity index is 4100. The van der Waals surface area contributed by atoms with Gasteiger partial charge >= 0.3 is 0 Å². The molecule has 0 radical (unpaired) electrons. The minimum atomic E-state index is -0.553. The van der Waals surface area contributed by atoms with Crippen LogP contribution in [0.15, 0.2) is 209 Å². The zero-order valence-electron chi connectivity index (χ0n) is 40.5. The van der Waals surface area contributed by atoms with Gasteiger partial charge in [0.1, 0.15) is 22.3 Å². The Morgan fingerprint density at radius 2 is 0.950 bits per heavy atom. The average molecular weight is 777 g/mol. The van der Waals surface area contributed by atoms with E-state index >= 15 is 0 Å². The minimum Gasteiger partial charge on any atom is -0.455 e. The van der Waals surface area contributed by atoms with Crippen LogP contribution in [-0.4, -0.2) is 15.0 Å². The van der Waals surface area contributed by atoms with Gasteiger partial charge in [-0.2, -0.15) is 0 Å². The lowest BCUT2D eigenvalue weighted by Gasteiger charge is -2.10. The largest absolute Gasteiger partial charge is 0.455 e. The van der Waals surface area contributed by atoms with Crippen LogP contribution >= 0.6 is 0 Å². The fourth-order valence-electron chi connectivity index (χ4n) is 7.96. The lowest BCUT2D eigenvalue weighted by molar-refractivity contribution is 0.670. The van der Waals surface area contributed by atoms with Crippen LogP contribution in [0, 0.1) is 0 Å². The highest BCUT2D eigenvalue weighted by Crippen LogP contribution is 2.41. The van der Waals surface area contributed by atoms with Crippen LogP contribution in [0.2, 0.25) is 0 Å². The molecule has 5 heteroatoms. The van der Waals surface area contributed by atoms with Crippen LogP contribution in [0.5, 0.6) is 0 Å². The molecule has 0 amide bonds. The van der Waals surface area contributed by atoms with Crippen LogP contribution in [0.25, 0.3) is 122 Å². The van der Waals surface area contributed by atoms with Crippen molar-refractivity contribution in [1.29, 1.82) is 0 Å². The van der Waals surface area contributed by atoms with Gasteiger partial charge in [-0.3, -0.25) is 0 Å². The third-order valence-electron chi connectivity index (χ3n) is 10.9. The fourth-order valence-corrected chi connectivity index (χ4v) is 7.96. The fraction of sp³-hybridized carbons (Fsp3) is 0. The molecule has 60 heavy (non-hydrogen) atoms. The monoisotopic (exact) mass is 776 g/mol. The van der Waals surface area contributed by atoms with Crippen molar-refractivity contribution in [2.24, 2.45) is 0 Å². The highest BCUT2D eigenvalue weighted by atomic mass is 16.3. The molecule has 5 nitrogen and oxygen atoms in total. The van der Waals surface area contributed by atoms with Crippen LogP contribution in [0.4, 0.5) is 0 Å². The number of hydrogen-bond donors (Lipinski definition) is 0. The lowest BCUT2D eigenvalue weighted by atomic mass is 9.97. The van der Waals surface area contributed by atoms with E-state index in [1.54, 1.807) is 24.3 Å². The van der Waals surface area contributed by atoms with Crippen molar-refractivity contribution < 1.29 is 21.2 Å². The smallest absolute Gasteiger partial charge is 0.164 e. The molecule has 12 aromatic rings. The summed E-state index contributed by atoms with van der Waals surface area (Å²) in [5.74, 6) is 1.19. The molecular weight excluding hydrogens is 735 g/mol. The van der Waals surface area contributed by atoms with Crippen molar-refractivity contribution in [1.82, 2.24) is 15.0 Å². The number of nitrogens with zero attached hydrogens (tertiary/aromatic N) is 3. The van der Waals surface area contributed by atoms with Gasteiger partial charge in [0.25, 0.3) is 0 Å². The molecule has 0 fully saturated rings. The zero-order valence-corrected chi connectivity index (χ0v) is 31.5. The molecule has 0 saturated carbocycles. The normalized spacial score (nSPS) is 13.8. The van der Waals surface area contributed by atoms with Crippen molar-refractivity contribution in [2.45, 2.75) is 0 Å². The molecule has 0 N–H and O–H groups in total. The van der Waals surface area contributed by atoms with Gasteiger partial charge in [-0.15, -0.1) is 0 Å². The molecule has 0 bridgehead atoms. The molecule has 3 heterocycles. The number of benzene rings is 9. The SMILES string of the molecule is [2H]c1c([2H])c(-c2ccc(-c3nc(-c4ccc(-c5ccccc5)cc4)nc(-c4ccc5c(c4)oc4c(-c6ccccc6)cccc45)n3)cc2)c2c(oc3c4c([2H])c([2H])c([2H])c([2H])c4c([2H])c([2H])c32)c1[2H]. The Hall–Kier alpha value is -8.15. The molecule has 0 atom stereocenters. The van der Waals surface area contributed by atoms with E-state index in [0.29, 0.717) is 39.7 Å². The topological polar surface area (TPSA) is 65.0 Å². The first-order chi connectivity index (χ1) is 33.5. The molecule has 0 saturated heterocycles. The van der Waals surface area contributed by atoms with E-state index in [-0.39, 0.29) is 44.3 Å². The lowest BCUT2D eigenvalue weighted by Crippen LogP contribution is -2.00. The third kappa shape index (κ3) is 5.67. The summed E-state index contributed by atoms with van der Waals surface area (Å²) in [5.41, 5.74) is 7.98. The summed E-state index contributed by atoms with van der Waals surface area (Å²) < 4.78 is 91.5. The number of furan rings is 2. The van der Waals surface area contributed by atoms with Crippen LogP contribution in [0.1, 0.15) is 12.3 Å². The van der Waals surface area contributed by atoms with E-state index in [2.05, 4.69) is 36.4 Å². The summed E-state index contributed by atoms with van der Waals surface area (Å²) in [7, 11) is 0. The number of rotatable bonds is 6. The van der Waals surface area contributed by atoms with Crippen LogP contribution in [0.3, 0.4) is 0 Å². The minimum absolute atomic E-state index is 0.0105. The molecule has 0 unspecified atom stereocenters. The Balaban J connectivity index is 1.02. The van der Waals surface area contributed by atoms with E-state index in [1.807, 2.05) is 84.9 Å². The summed E-state index contributed by atoms with van der Waals surface area (Å²) in [6, 6.07) is 43.2. The predicted molar refractivity (Wildman–Crippen MR) is 245 cm³/mol. The van der Waals surface area contributed by atoms with Crippen molar-refractivity contribution >= 4 is 54.6 Å². The van der Waals surface area contributed by atoms with Crippen molar-refractivity contribution in [3.63, 3.8) is 0 Å². The number of fused-ring (bicyclic) bond motifs is 8.